The zero-order valence-corrected chi connectivity index (χ0v) is 16.6. The molecule has 3 unspecified atom stereocenters. The fourth-order valence-corrected chi connectivity index (χ4v) is 4.31. The summed E-state index contributed by atoms with van der Waals surface area (Å²) in [4.78, 5) is 4.16. The standard InChI is InChI=1S/C26H29NO/c1-20(11-12-21-13-14-22-7-5-6-10-25(22)19-21)28-26(23-8-3-2-4-9-23)24-15-17-27-18-16-24/h2-10,15-18,20-21,26H,11-14,19H2,1H3. The van der Waals surface area contributed by atoms with Gasteiger partial charge in [-0.05, 0) is 79.3 Å². The maximum atomic E-state index is 6.56. The summed E-state index contributed by atoms with van der Waals surface area (Å²) in [6.07, 6.45) is 9.94. The summed E-state index contributed by atoms with van der Waals surface area (Å²) >= 11 is 0. The quantitative estimate of drug-likeness (QED) is 0.496. The van der Waals surface area contributed by atoms with E-state index in [4.69, 9.17) is 4.74 Å². The van der Waals surface area contributed by atoms with Crippen molar-refractivity contribution in [2.75, 3.05) is 0 Å². The molecule has 1 aromatic heterocycles. The molecule has 28 heavy (non-hydrogen) atoms. The Hall–Kier alpha value is -2.45. The Labute approximate surface area is 168 Å². The van der Waals surface area contributed by atoms with Gasteiger partial charge in [-0.1, -0.05) is 54.6 Å². The first-order valence-electron chi connectivity index (χ1n) is 10.5. The van der Waals surface area contributed by atoms with Crippen molar-refractivity contribution >= 4 is 0 Å². The first-order chi connectivity index (χ1) is 13.8. The lowest BCUT2D eigenvalue weighted by molar-refractivity contribution is 0.0109. The van der Waals surface area contributed by atoms with Crippen molar-refractivity contribution in [2.45, 2.75) is 51.2 Å². The molecule has 0 saturated carbocycles. The number of aromatic nitrogens is 1. The van der Waals surface area contributed by atoms with E-state index >= 15 is 0 Å². The number of benzene rings is 2. The second-order valence-electron chi connectivity index (χ2n) is 7.97. The molecule has 0 aliphatic heterocycles. The van der Waals surface area contributed by atoms with Gasteiger partial charge in [-0.15, -0.1) is 0 Å². The molecule has 1 heterocycles. The topological polar surface area (TPSA) is 22.1 Å². The molecule has 3 aromatic rings. The molecule has 144 valence electrons. The number of nitrogens with zero attached hydrogens (tertiary/aromatic N) is 1. The largest absolute Gasteiger partial charge is 0.366 e. The Balaban J connectivity index is 1.38. The van der Waals surface area contributed by atoms with Crippen LogP contribution >= 0.6 is 0 Å². The molecule has 2 heteroatoms. The highest BCUT2D eigenvalue weighted by atomic mass is 16.5. The van der Waals surface area contributed by atoms with Crippen molar-refractivity contribution in [1.82, 2.24) is 4.98 Å². The number of rotatable bonds is 7. The maximum absolute atomic E-state index is 6.56. The van der Waals surface area contributed by atoms with Crippen LogP contribution in [0.2, 0.25) is 0 Å². The summed E-state index contributed by atoms with van der Waals surface area (Å²) < 4.78 is 6.56. The van der Waals surface area contributed by atoms with E-state index in [1.54, 1.807) is 11.1 Å². The predicted molar refractivity (Wildman–Crippen MR) is 114 cm³/mol. The minimum atomic E-state index is -0.0359. The molecule has 0 bridgehead atoms. The van der Waals surface area contributed by atoms with Crippen molar-refractivity contribution in [3.63, 3.8) is 0 Å². The third-order valence-electron chi connectivity index (χ3n) is 5.91. The Bertz CT molecular complexity index is 822. The van der Waals surface area contributed by atoms with Gasteiger partial charge < -0.3 is 4.74 Å². The van der Waals surface area contributed by atoms with Crippen molar-refractivity contribution in [3.05, 3.63) is 101 Å². The van der Waals surface area contributed by atoms with Gasteiger partial charge in [-0.2, -0.15) is 0 Å². The van der Waals surface area contributed by atoms with Crippen molar-refractivity contribution in [1.29, 1.82) is 0 Å². The van der Waals surface area contributed by atoms with Gasteiger partial charge in [-0.25, -0.2) is 0 Å². The van der Waals surface area contributed by atoms with E-state index in [1.807, 2.05) is 12.4 Å². The molecule has 0 amide bonds. The summed E-state index contributed by atoms with van der Waals surface area (Å²) in [6.45, 7) is 2.22. The third kappa shape index (κ3) is 4.69. The van der Waals surface area contributed by atoms with E-state index in [9.17, 15) is 0 Å². The average molecular weight is 372 g/mol. The van der Waals surface area contributed by atoms with Crippen LogP contribution in [0.5, 0.6) is 0 Å². The van der Waals surface area contributed by atoms with E-state index in [2.05, 4.69) is 78.6 Å². The molecule has 0 radical (unpaired) electrons. The average Bonchev–Trinajstić information content (AvgIpc) is 2.77. The summed E-state index contributed by atoms with van der Waals surface area (Å²) in [5.74, 6) is 0.775. The van der Waals surface area contributed by atoms with Gasteiger partial charge in [0.2, 0.25) is 0 Å². The zero-order chi connectivity index (χ0) is 19.2. The highest BCUT2D eigenvalue weighted by Gasteiger charge is 2.21. The first kappa shape index (κ1) is 18.9. The van der Waals surface area contributed by atoms with Gasteiger partial charge >= 0.3 is 0 Å². The summed E-state index contributed by atoms with van der Waals surface area (Å²) in [7, 11) is 0. The van der Waals surface area contributed by atoms with E-state index in [0.717, 1.165) is 12.3 Å². The van der Waals surface area contributed by atoms with Crippen molar-refractivity contribution in [3.8, 4) is 0 Å². The highest BCUT2D eigenvalue weighted by Crippen LogP contribution is 2.31. The Morgan fingerprint density at radius 3 is 2.36 bits per heavy atom. The Morgan fingerprint density at radius 2 is 1.57 bits per heavy atom. The second kappa shape index (κ2) is 9.16. The molecule has 0 saturated heterocycles. The lowest BCUT2D eigenvalue weighted by Gasteiger charge is -2.27. The molecule has 3 atom stereocenters. The minimum absolute atomic E-state index is 0.0359. The van der Waals surface area contributed by atoms with Crippen LogP contribution in [0.4, 0.5) is 0 Å². The second-order valence-corrected chi connectivity index (χ2v) is 7.97. The van der Waals surface area contributed by atoms with Crippen LogP contribution in [0.15, 0.2) is 79.1 Å². The third-order valence-corrected chi connectivity index (χ3v) is 5.91. The molecule has 0 fully saturated rings. The van der Waals surface area contributed by atoms with Crippen LogP contribution in [0.3, 0.4) is 0 Å². The number of hydrogen-bond acceptors (Lipinski definition) is 2. The van der Waals surface area contributed by atoms with E-state index in [1.165, 1.54) is 36.8 Å². The van der Waals surface area contributed by atoms with E-state index < -0.39 is 0 Å². The van der Waals surface area contributed by atoms with Crippen LogP contribution in [-0.4, -0.2) is 11.1 Å². The lowest BCUT2D eigenvalue weighted by Crippen LogP contribution is -2.19. The zero-order valence-electron chi connectivity index (χ0n) is 16.6. The monoisotopic (exact) mass is 371 g/mol. The highest BCUT2D eigenvalue weighted by molar-refractivity contribution is 5.30. The van der Waals surface area contributed by atoms with Crippen LogP contribution < -0.4 is 0 Å². The number of ether oxygens (including phenoxy) is 1. The molecule has 1 aliphatic carbocycles. The van der Waals surface area contributed by atoms with Gasteiger partial charge in [0, 0.05) is 12.4 Å². The van der Waals surface area contributed by atoms with Gasteiger partial charge in [0.15, 0.2) is 0 Å². The smallest absolute Gasteiger partial charge is 0.108 e. The normalized spacial score (nSPS) is 18.2. The Morgan fingerprint density at radius 1 is 0.893 bits per heavy atom. The van der Waals surface area contributed by atoms with Crippen LogP contribution in [-0.2, 0) is 17.6 Å². The number of hydrogen-bond donors (Lipinski definition) is 0. The molecular formula is C26H29NO. The summed E-state index contributed by atoms with van der Waals surface area (Å²) in [5, 5.41) is 0. The van der Waals surface area contributed by atoms with E-state index in [-0.39, 0.29) is 12.2 Å². The number of aryl methyl sites for hydroxylation is 1. The molecule has 0 N–H and O–H groups in total. The van der Waals surface area contributed by atoms with Gasteiger partial charge in [-0.3, -0.25) is 4.98 Å². The minimum Gasteiger partial charge on any atom is -0.366 e. The number of fused-ring (bicyclic) bond motifs is 1. The van der Waals surface area contributed by atoms with Crippen LogP contribution in [0.25, 0.3) is 0 Å². The fraction of sp³-hybridized carbons (Fsp3) is 0.346. The molecule has 0 spiro atoms. The summed E-state index contributed by atoms with van der Waals surface area (Å²) in [6, 6.07) is 23.6. The predicted octanol–water partition coefficient (Wildman–Crippen LogP) is 6.16. The van der Waals surface area contributed by atoms with E-state index in [0.29, 0.717) is 0 Å². The molecule has 4 rings (SSSR count). The van der Waals surface area contributed by atoms with Gasteiger partial charge in [0.05, 0.1) is 6.10 Å². The molecule has 1 aliphatic rings. The molecule has 2 aromatic carbocycles. The summed E-state index contributed by atoms with van der Waals surface area (Å²) in [5.41, 5.74) is 5.46. The molecular weight excluding hydrogens is 342 g/mol. The Kier molecular flexibility index (Phi) is 6.18. The maximum Gasteiger partial charge on any atom is 0.108 e. The molecule has 2 nitrogen and oxygen atoms in total. The fourth-order valence-electron chi connectivity index (χ4n) is 4.31. The van der Waals surface area contributed by atoms with Crippen molar-refractivity contribution < 1.29 is 4.74 Å². The van der Waals surface area contributed by atoms with Crippen molar-refractivity contribution in [2.24, 2.45) is 5.92 Å². The van der Waals surface area contributed by atoms with Gasteiger partial charge in [0.25, 0.3) is 0 Å². The first-order valence-corrected chi connectivity index (χ1v) is 10.5. The van der Waals surface area contributed by atoms with Crippen LogP contribution in [0.1, 0.15) is 54.5 Å². The van der Waals surface area contributed by atoms with Gasteiger partial charge in [0.1, 0.15) is 6.10 Å². The SMILES string of the molecule is CC(CCC1CCc2ccccc2C1)OC(c1ccccc1)c1ccncc1. The number of pyridine rings is 1. The van der Waals surface area contributed by atoms with Crippen LogP contribution in [0, 0.1) is 5.92 Å². The lowest BCUT2D eigenvalue weighted by atomic mass is 9.81.